The van der Waals surface area contributed by atoms with E-state index < -0.39 is 5.37 Å². The number of anilines is 2. The van der Waals surface area contributed by atoms with E-state index in [1.807, 2.05) is 0 Å². The number of hydrogen-bond donors (Lipinski definition) is 2. The molecule has 1 aromatic rings. The summed E-state index contributed by atoms with van der Waals surface area (Å²) in [6.45, 7) is 0. The van der Waals surface area contributed by atoms with Gasteiger partial charge < -0.3 is 11.1 Å². The molecule has 0 saturated heterocycles. The third-order valence-electron chi connectivity index (χ3n) is 1.19. The fourth-order valence-electron chi connectivity index (χ4n) is 0.717. The molecule has 0 unspecified atom stereocenters. The lowest BCUT2D eigenvalue weighted by Crippen LogP contribution is -2.03. The second kappa shape index (κ2) is 3.25. The van der Waals surface area contributed by atoms with Crippen molar-refractivity contribution < 1.29 is 4.79 Å². The Morgan fingerprint density at radius 2 is 2.09 bits per heavy atom. The summed E-state index contributed by atoms with van der Waals surface area (Å²) in [6, 6.07) is 6.90. The van der Waals surface area contributed by atoms with Crippen LogP contribution in [0.25, 0.3) is 0 Å². The second-order valence-electron chi connectivity index (χ2n) is 1.99. The number of halogens is 1. The summed E-state index contributed by atoms with van der Waals surface area (Å²) in [5.41, 5.74) is 6.53. The van der Waals surface area contributed by atoms with Gasteiger partial charge in [0.05, 0.1) is 11.4 Å². The largest absolute Gasteiger partial charge is 0.397 e. The number of nitrogen functional groups attached to an aromatic ring is 1. The van der Waals surface area contributed by atoms with Gasteiger partial charge in [0.2, 0.25) is 0 Å². The van der Waals surface area contributed by atoms with Gasteiger partial charge in [-0.05, 0) is 23.7 Å². The minimum absolute atomic E-state index is 0.501. The van der Waals surface area contributed by atoms with Crippen LogP contribution in [0.15, 0.2) is 24.3 Å². The number of rotatable bonds is 1. The third kappa shape index (κ3) is 2.13. The predicted octanol–water partition coefficient (Wildman–Crippen LogP) is 2.04. The van der Waals surface area contributed by atoms with Crippen LogP contribution in [0, 0.1) is 0 Å². The van der Waals surface area contributed by atoms with E-state index in [1.54, 1.807) is 24.3 Å². The number of nitrogens with one attached hydrogen (secondary N) is 1. The number of carbonyl (C=O) groups excluding carboxylic acids is 1. The van der Waals surface area contributed by atoms with Crippen LogP contribution in [0.1, 0.15) is 0 Å². The monoisotopic (exact) mass is 170 g/mol. The van der Waals surface area contributed by atoms with E-state index in [9.17, 15) is 4.79 Å². The molecule has 1 amide bonds. The first-order chi connectivity index (χ1) is 5.20. The Hall–Kier alpha value is -1.22. The van der Waals surface area contributed by atoms with E-state index in [2.05, 4.69) is 5.32 Å². The maximum absolute atomic E-state index is 10.4. The fraction of sp³-hybridized carbons (Fsp3) is 0. The summed E-state index contributed by atoms with van der Waals surface area (Å²) in [5, 5.41) is 1.74. The first-order valence-electron chi connectivity index (χ1n) is 3.01. The molecule has 1 aromatic carbocycles. The second-order valence-corrected chi connectivity index (χ2v) is 2.33. The molecule has 0 saturated carbocycles. The number of hydrogen-bond acceptors (Lipinski definition) is 2. The normalized spacial score (nSPS) is 9.18. The highest BCUT2D eigenvalue weighted by Crippen LogP contribution is 2.16. The van der Waals surface area contributed by atoms with Crippen molar-refractivity contribution in [3.05, 3.63) is 24.3 Å². The van der Waals surface area contributed by atoms with Crippen LogP contribution in [-0.4, -0.2) is 5.37 Å². The Balaban J connectivity index is 2.86. The van der Waals surface area contributed by atoms with Crippen LogP contribution in [0.2, 0.25) is 0 Å². The molecule has 0 aromatic heterocycles. The van der Waals surface area contributed by atoms with Gasteiger partial charge in [-0.15, -0.1) is 0 Å². The molecule has 0 radical (unpaired) electrons. The molecular formula is C7H7ClN2O. The van der Waals surface area contributed by atoms with Gasteiger partial charge in [0.25, 0.3) is 0 Å². The molecule has 0 aliphatic heterocycles. The molecular weight excluding hydrogens is 164 g/mol. The summed E-state index contributed by atoms with van der Waals surface area (Å²) in [6.07, 6.45) is 0. The van der Waals surface area contributed by atoms with E-state index >= 15 is 0 Å². The Bertz CT molecular complexity index is 275. The van der Waals surface area contributed by atoms with E-state index in [-0.39, 0.29) is 0 Å². The van der Waals surface area contributed by atoms with Crippen molar-refractivity contribution in [1.82, 2.24) is 0 Å². The average Bonchev–Trinajstić information content (AvgIpc) is 1.93. The highest BCUT2D eigenvalue weighted by atomic mass is 35.5. The van der Waals surface area contributed by atoms with Gasteiger partial charge in [-0.1, -0.05) is 12.1 Å². The minimum Gasteiger partial charge on any atom is -0.397 e. The van der Waals surface area contributed by atoms with Crippen molar-refractivity contribution >= 4 is 28.3 Å². The van der Waals surface area contributed by atoms with Gasteiger partial charge >= 0.3 is 5.37 Å². The molecule has 0 spiro atoms. The van der Waals surface area contributed by atoms with Gasteiger partial charge in [-0.3, -0.25) is 4.79 Å². The highest BCUT2D eigenvalue weighted by molar-refractivity contribution is 6.65. The predicted molar refractivity (Wildman–Crippen MR) is 45.7 cm³/mol. The van der Waals surface area contributed by atoms with E-state index in [0.29, 0.717) is 11.4 Å². The Labute approximate surface area is 69.2 Å². The minimum atomic E-state index is -0.636. The smallest absolute Gasteiger partial charge is 0.318 e. The summed E-state index contributed by atoms with van der Waals surface area (Å²) in [5.74, 6) is 0. The van der Waals surface area contributed by atoms with Gasteiger partial charge in [-0.2, -0.15) is 0 Å². The molecule has 0 atom stereocenters. The standard InChI is InChI=1S/C7H7ClN2O/c8-7(11)10-6-4-2-1-3-5(6)9/h1-4H,9H2,(H,10,11). The lowest BCUT2D eigenvalue weighted by molar-refractivity contribution is 0.269. The fourth-order valence-corrected chi connectivity index (χ4v) is 0.819. The van der Waals surface area contributed by atoms with Crippen LogP contribution >= 0.6 is 11.6 Å². The van der Waals surface area contributed by atoms with Crippen molar-refractivity contribution in [3.63, 3.8) is 0 Å². The molecule has 0 aliphatic carbocycles. The molecule has 3 nitrogen and oxygen atoms in total. The summed E-state index contributed by atoms with van der Waals surface area (Å²) >= 11 is 5.08. The number of carbonyl (C=O) groups is 1. The number of benzene rings is 1. The van der Waals surface area contributed by atoms with Crippen molar-refractivity contribution in [2.24, 2.45) is 0 Å². The SMILES string of the molecule is Nc1ccccc1NC(=O)Cl. The van der Waals surface area contributed by atoms with Crippen LogP contribution in [-0.2, 0) is 0 Å². The maximum atomic E-state index is 10.4. The van der Waals surface area contributed by atoms with Gasteiger partial charge in [0, 0.05) is 0 Å². The lowest BCUT2D eigenvalue weighted by atomic mass is 10.3. The van der Waals surface area contributed by atoms with Crippen LogP contribution < -0.4 is 11.1 Å². The van der Waals surface area contributed by atoms with Crippen molar-refractivity contribution in [2.75, 3.05) is 11.1 Å². The molecule has 58 valence electrons. The molecule has 0 fully saturated rings. The molecule has 11 heavy (non-hydrogen) atoms. The topological polar surface area (TPSA) is 55.1 Å². The van der Waals surface area contributed by atoms with Crippen molar-refractivity contribution in [3.8, 4) is 0 Å². The molecule has 0 bridgehead atoms. The molecule has 1 rings (SSSR count). The Morgan fingerprint density at radius 1 is 1.45 bits per heavy atom. The lowest BCUT2D eigenvalue weighted by Gasteiger charge is -2.02. The zero-order valence-corrected chi connectivity index (χ0v) is 6.43. The van der Waals surface area contributed by atoms with Crippen molar-refractivity contribution in [2.45, 2.75) is 0 Å². The number of amides is 1. The molecule has 3 N–H and O–H groups in total. The Morgan fingerprint density at radius 3 is 2.64 bits per heavy atom. The first-order valence-corrected chi connectivity index (χ1v) is 3.39. The maximum Gasteiger partial charge on any atom is 0.318 e. The highest BCUT2D eigenvalue weighted by Gasteiger charge is 1.98. The molecule has 0 heterocycles. The Kier molecular flexibility index (Phi) is 2.33. The van der Waals surface area contributed by atoms with Crippen LogP contribution in [0.5, 0.6) is 0 Å². The van der Waals surface area contributed by atoms with Gasteiger partial charge in [-0.25, -0.2) is 0 Å². The van der Waals surface area contributed by atoms with Gasteiger partial charge in [0.1, 0.15) is 0 Å². The quantitative estimate of drug-likeness (QED) is 0.385. The first kappa shape index (κ1) is 7.88. The zero-order valence-electron chi connectivity index (χ0n) is 5.67. The number of para-hydroxylation sites is 2. The van der Waals surface area contributed by atoms with E-state index in [4.69, 9.17) is 17.3 Å². The summed E-state index contributed by atoms with van der Waals surface area (Å²) in [4.78, 5) is 10.4. The van der Waals surface area contributed by atoms with Crippen LogP contribution in [0.3, 0.4) is 0 Å². The average molecular weight is 171 g/mol. The van der Waals surface area contributed by atoms with E-state index in [0.717, 1.165) is 0 Å². The van der Waals surface area contributed by atoms with Crippen LogP contribution in [0.4, 0.5) is 16.2 Å². The van der Waals surface area contributed by atoms with E-state index in [1.165, 1.54) is 0 Å². The zero-order chi connectivity index (χ0) is 8.27. The number of nitrogens with two attached hydrogens (primary N) is 1. The van der Waals surface area contributed by atoms with Crippen molar-refractivity contribution in [1.29, 1.82) is 0 Å². The third-order valence-corrected chi connectivity index (χ3v) is 1.29. The molecule has 0 aliphatic rings. The summed E-state index contributed by atoms with van der Waals surface area (Å²) < 4.78 is 0. The molecule has 4 heteroatoms. The van der Waals surface area contributed by atoms with Gasteiger partial charge in [0.15, 0.2) is 0 Å². The summed E-state index contributed by atoms with van der Waals surface area (Å²) in [7, 11) is 0.